The van der Waals surface area contributed by atoms with E-state index in [1.807, 2.05) is 30.3 Å². The first kappa shape index (κ1) is 20.8. The van der Waals surface area contributed by atoms with E-state index in [0.29, 0.717) is 18.1 Å². The van der Waals surface area contributed by atoms with Gasteiger partial charge >= 0.3 is 12.0 Å². The van der Waals surface area contributed by atoms with Crippen molar-refractivity contribution in [2.45, 2.75) is 13.0 Å². The third-order valence-electron chi connectivity index (χ3n) is 4.41. The van der Waals surface area contributed by atoms with Crippen LogP contribution >= 0.6 is 11.3 Å². The summed E-state index contributed by atoms with van der Waals surface area (Å²) in [7, 11) is 1.39. The van der Waals surface area contributed by atoms with E-state index in [1.54, 1.807) is 6.07 Å². The molecule has 0 bridgehead atoms. The molecule has 0 aliphatic carbocycles. The van der Waals surface area contributed by atoms with E-state index in [4.69, 9.17) is 9.47 Å². The maximum absolute atomic E-state index is 12.7. The fraction of sp³-hybridized carbons (Fsp3) is 0.350. The number of benzene rings is 1. The van der Waals surface area contributed by atoms with Crippen LogP contribution in [0.1, 0.15) is 16.6 Å². The lowest BCUT2D eigenvalue weighted by atomic mass is 10.1. The molecule has 0 saturated carbocycles. The van der Waals surface area contributed by atoms with Crippen LogP contribution in [0.15, 0.2) is 36.4 Å². The van der Waals surface area contributed by atoms with E-state index >= 15 is 0 Å². The number of amides is 3. The van der Waals surface area contributed by atoms with E-state index in [9.17, 15) is 14.4 Å². The lowest BCUT2D eigenvalue weighted by Gasteiger charge is -2.28. The van der Waals surface area contributed by atoms with Crippen LogP contribution in [0.4, 0.5) is 9.80 Å². The molecule has 9 heteroatoms. The minimum atomic E-state index is -1.10. The standard InChI is InChI=1S/C20H23N3O5S/c1-13(17(24)22-20(26)21-2)28-19(25)16-12-15(14-6-4-3-5-7-14)18(29-16)23-8-10-27-11-9-23/h3-7,12-13H,8-11H2,1-2H3,(H2,21,22,24,26)/t13-/m0/s1. The molecule has 1 aromatic heterocycles. The predicted molar refractivity (Wildman–Crippen MR) is 110 cm³/mol. The van der Waals surface area contributed by atoms with Gasteiger partial charge in [-0.3, -0.25) is 10.1 Å². The second-order valence-corrected chi connectivity index (χ2v) is 7.44. The van der Waals surface area contributed by atoms with Gasteiger partial charge in [-0.25, -0.2) is 9.59 Å². The van der Waals surface area contributed by atoms with Gasteiger partial charge in [0.2, 0.25) is 0 Å². The molecule has 1 fully saturated rings. The van der Waals surface area contributed by atoms with Crippen molar-refractivity contribution >= 4 is 34.2 Å². The number of carbonyl (C=O) groups is 3. The fourth-order valence-electron chi connectivity index (χ4n) is 2.86. The number of carbonyl (C=O) groups excluding carboxylic acids is 3. The average molecular weight is 417 g/mol. The normalized spacial score (nSPS) is 14.8. The monoisotopic (exact) mass is 417 g/mol. The number of hydrogen-bond acceptors (Lipinski definition) is 7. The highest BCUT2D eigenvalue weighted by molar-refractivity contribution is 7.18. The Bertz CT molecular complexity index is 877. The van der Waals surface area contributed by atoms with Crippen molar-refractivity contribution in [3.05, 3.63) is 41.3 Å². The summed E-state index contributed by atoms with van der Waals surface area (Å²) >= 11 is 1.33. The molecule has 2 aromatic rings. The van der Waals surface area contributed by atoms with Gasteiger partial charge in [-0.05, 0) is 18.6 Å². The number of esters is 1. The van der Waals surface area contributed by atoms with Crippen LogP contribution < -0.4 is 15.5 Å². The molecule has 2 N–H and O–H groups in total. The highest BCUT2D eigenvalue weighted by Crippen LogP contribution is 2.39. The SMILES string of the molecule is CNC(=O)NC(=O)[C@H](C)OC(=O)c1cc(-c2ccccc2)c(N2CCOCC2)s1. The molecular formula is C20H23N3O5S. The lowest BCUT2D eigenvalue weighted by molar-refractivity contribution is -0.127. The van der Waals surface area contributed by atoms with Crippen LogP contribution in [0.25, 0.3) is 11.1 Å². The van der Waals surface area contributed by atoms with Gasteiger partial charge in [0.05, 0.1) is 18.2 Å². The molecule has 1 aromatic carbocycles. The minimum absolute atomic E-state index is 0.393. The van der Waals surface area contributed by atoms with Crippen LogP contribution in [-0.2, 0) is 14.3 Å². The molecule has 29 heavy (non-hydrogen) atoms. The van der Waals surface area contributed by atoms with E-state index in [-0.39, 0.29) is 0 Å². The average Bonchev–Trinajstić information content (AvgIpc) is 3.20. The van der Waals surface area contributed by atoms with Gasteiger partial charge in [0.15, 0.2) is 6.10 Å². The second kappa shape index (κ2) is 9.53. The van der Waals surface area contributed by atoms with Crippen molar-refractivity contribution in [1.82, 2.24) is 10.6 Å². The zero-order valence-electron chi connectivity index (χ0n) is 16.3. The number of urea groups is 1. The Morgan fingerprint density at radius 1 is 1.17 bits per heavy atom. The first-order chi connectivity index (χ1) is 14.0. The third kappa shape index (κ3) is 5.12. The Balaban J connectivity index is 1.81. The van der Waals surface area contributed by atoms with Gasteiger partial charge in [0.25, 0.3) is 5.91 Å². The fourth-order valence-corrected chi connectivity index (χ4v) is 3.97. The number of anilines is 1. The molecule has 3 rings (SSSR count). The van der Waals surface area contributed by atoms with Gasteiger partial charge in [-0.2, -0.15) is 0 Å². The van der Waals surface area contributed by atoms with Gasteiger partial charge in [-0.1, -0.05) is 30.3 Å². The highest BCUT2D eigenvalue weighted by Gasteiger charge is 2.25. The molecule has 0 spiro atoms. The summed E-state index contributed by atoms with van der Waals surface area (Å²) in [5.74, 6) is -1.29. The molecule has 0 radical (unpaired) electrons. The van der Waals surface area contributed by atoms with Crippen molar-refractivity contribution in [3.8, 4) is 11.1 Å². The zero-order chi connectivity index (χ0) is 20.8. The number of morpholine rings is 1. The van der Waals surface area contributed by atoms with E-state index < -0.39 is 24.0 Å². The summed E-state index contributed by atoms with van der Waals surface area (Å²) in [6.45, 7) is 4.15. The summed E-state index contributed by atoms with van der Waals surface area (Å²) in [6, 6.07) is 10.9. The van der Waals surface area contributed by atoms with E-state index in [1.165, 1.54) is 25.3 Å². The van der Waals surface area contributed by atoms with E-state index in [0.717, 1.165) is 29.2 Å². The van der Waals surface area contributed by atoms with Gasteiger partial charge in [0.1, 0.15) is 4.88 Å². The number of ether oxygens (including phenoxy) is 2. The number of hydrogen-bond donors (Lipinski definition) is 2. The first-order valence-electron chi connectivity index (χ1n) is 9.25. The smallest absolute Gasteiger partial charge is 0.349 e. The number of imide groups is 1. The molecule has 3 amide bonds. The number of rotatable bonds is 5. The van der Waals surface area contributed by atoms with Crippen LogP contribution in [0.3, 0.4) is 0 Å². The van der Waals surface area contributed by atoms with Gasteiger partial charge in [0, 0.05) is 25.7 Å². The molecule has 1 aliphatic rings. The van der Waals surface area contributed by atoms with Crippen molar-refractivity contribution in [3.63, 3.8) is 0 Å². The number of thiophene rings is 1. The lowest BCUT2D eigenvalue weighted by Crippen LogP contribution is -2.43. The molecule has 0 unspecified atom stereocenters. The molecule has 1 saturated heterocycles. The quantitative estimate of drug-likeness (QED) is 0.725. The summed E-state index contributed by atoms with van der Waals surface area (Å²) in [6.07, 6.45) is -1.10. The third-order valence-corrected chi connectivity index (χ3v) is 5.59. The van der Waals surface area contributed by atoms with Crippen LogP contribution in [0, 0.1) is 0 Å². The van der Waals surface area contributed by atoms with Crippen molar-refractivity contribution in [2.24, 2.45) is 0 Å². The van der Waals surface area contributed by atoms with Crippen molar-refractivity contribution in [2.75, 3.05) is 38.3 Å². The van der Waals surface area contributed by atoms with Crippen molar-refractivity contribution < 1.29 is 23.9 Å². The first-order valence-corrected chi connectivity index (χ1v) is 10.1. The number of nitrogens with one attached hydrogen (secondary N) is 2. The summed E-state index contributed by atoms with van der Waals surface area (Å²) in [5, 5.41) is 5.34. The topological polar surface area (TPSA) is 97.0 Å². The van der Waals surface area contributed by atoms with Crippen LogP contribution in [0.5, 0.6) is 0 Å². The Hall–Kier alpha value is -2.91. The van der Waals surface area contributed by atoms with E-state index in [2.05, 4.69) is 15.5 Å². The van der Waals surface area contributed by atoms with Crippen molar-refractivity contribution in [1.29, 1.82) is 0 Å². The zero-order valence-corrected chi connectivity index (χ0v) is 17.1. The Labute approximate surface area is 172 Å². The number of nitrogens with zero attached hydrogens (tertiary/aromatic N) is 1. The van der Waals surface area contributed by atoms with Crippen LogP contribution in [-0.4, -0.2) is 57.4 Å². The minimum Gasteiger partial charge on any atom is -0.448 e. The molecular weight excluding hydrogens is 394 g/mol. The summed E-state index contributed by atoms with van der Waals surface area (Å²) in [4.78, 5) is 38.5. The molecule has 2 heterocycles. The Morgan fingerprint density at radius 3 is 2.52 bits per heavy atom. The maximum Gasteiger partial charge on any atom is 0.349 e. The Kier molecular flexibility index (Phi) is 6.84. The van der Waals surface area contributed by atoms with Crippen LogP contribution in [0.2, 0.25) is 0 Å². The maximum atomic E-state index is 12.7. The van der Waals surface area contributed by atoms with Gasteiger partial charge in [-0.15, -0.1) is 11.3 Å². The predicted octanol–water partition coefficient (Wildman–Crippen LogP) is 2.25. The molecule has 154 valence electrons. The largest absolute Gasteiger partial charge is 0.448 e. The van der Waals surface area contributed by atoms with Gasteiger partial charge < -0.3 is 19.7 Å². The molecule has 8 nitrogen and oxygen atoms in total. The summed E-state index contributed by atoms with van der Waals surface area (Å²) in [5.41, 5.74) is 1.93. The summed E-state index contributed by atoms with van der Waals surface area (Å²) < 4.78 is 10.7. The molecule has 1 atom stereocenters. The highest BCUT2D eigenvalue weighted by atomic mass is 32.1. The second-order valence-electron chi connectivity index (χ2n) is 6.41. The molecule has 1 aliphatic heterocycles. The Morgan fingerprint density at radius 2 is 1.86 bits per heavy atom.